The van der Waals surface area contributed by atoms with Gasteiger partial charge in [-0.25, -0.2) is 4.98 Å². The van der Waals surface area contributed by atoms with Crippen LogP contribution in [0.15, 0.2) is 24.3 Å². The van der Waals surface area contributed by atoms with Crippen LogP contribution in [0.3, 0.4) is 0 Å². The van der Waals surface area contributed by atoms with E-state index in [-0.39, 0.29) is 5.91 Å². The molecule has 1 amide bonds. The predicted octanol–water partition coefficient (Wildman–Crippen LogP) is 4.10. The Labute approximate surface area is 161 Å². The summed E-state index contributed by atoms with van der Waals surface area (Å²) in [5, 5.41) is 4.21. The number of aromatic nitrogens is 1. The molecule has 142 valence electrons. The van der Waals surface area contributed by atoms with Gasteiger partial charge in [-0.2, -0.15) is 0 Å². The summed E-state index contributed by atoms with van der Waals surface area (Å²) in [4.78, 5) is 19.2. The smallest absolute Gasteiger partial charge is 0.220 e. The number of nitrogens with one attached hydrogen (secondary N) is 1. The topological polar surface area (TPSA) is 45.2 Å². The highest BCUT2D eigenvalue weighted by molar-refractivity contribution is 7.18. The monoisotopic (exact) mass is 373 g/mol. The minimum atomic E-state index is 0.173. The lowest BCUT2D eigenvalue weighted by Gasteiger charge is -2.34. The average Bonchev–Trinajstić information content (AvgIpc) is 3.00. The van der Waals surface area contributed by atoms with Crippen LogP contribution in [0, 0.1) is 11.8 Å². The number of hydrogen-bond acceptors (Lipinski definition) is 4. The van der Waals surface area contributed by atoms with Gasteiger partial charge in [-0.3, -0.25) is 4.79 Å². The minimum absolute atomic E-state index is 0.173. The van der Waals surface area contributed by atoms with Gasteiger partial charge in [-0.05, 0) is 56.2 Å². The van der Waals surface area contributed by atoms with Crippen LogP contribution in [0.25, 0.3) is 10.2 Å². The van der Waals surface area contributed by atoms with Gasteiger partial charge in [0.05, 0.1) is 15.2 Å². The first-order valence-corrected chi connectivity index (χ1v) is 10.8. The molecule has 2 aromatic rings. The zero-order valence-electron chi connectivity index (χ0n) is 16.0. The van der Waals surface area contributed by atoms with Crippen LogP contribution in [0.4, 0.5) is 0 Å². The molecule has 4 nitrogen and oxygen atoms in total. The lowest BCUT2D eigenvalue weighted by Crippen LogP contribution is -2.40. The van der Waals surface area contributed by atoms with E-state index >= 15 is 0 Å². The van der Waals surface area contributed by atoms with Crippen LogP contribution in [0.5, 0.6) is 0 Å². The Morgan fingerprint density at radius 3 is 2.77 bits per heavy atom. The highest BCUT2D eigenvalue weighted by Crippen LogP contribution is 2.23. The van der Waals surface area contributed by atoms with Crippen molar-refractivity contribution in [2.75, 3.05) is 26.2 Å². The summed E-state index contributed by atoms with van der Waals surface area (Å²) in [6, 6.07) is 8.21. The molecule has 1 aromatic carbocycles. The predicted molar refractivity (Wildman–Crippen MR) is 110 cm³/mol. The number of rotatable bonds is 8. The number of likely N-dealkylation sites (tertiary alicyclic amines) is 1. The third-order valence-electron chi connectivity index (χ3n) is 5.05. The van der Waals surface area contributed by atoms with Crippen LogP contribution in [0.2, 0.25) is 0 Å². The Bertz CT molecular complexity index is 671. The SMILES string of the molecule is C[C@H]1C[C@H](C)CN(CCCNC(=O)CCCc2nc3ccccc3s2)C1. The van der Waals surface area contributed by atoms with Crippen molar-refractivity contribution in [3.05, 3.63) is 29.3 Å². The number of carbonyl (C=O) groups excluding carboxylic acids is 1. The van der Waals surface area contributed by atoms with E-state index in [1.165, 1.54) is 24.2 Å². The van der Waals surface area contributed by atoms with Gasteiger partial charge in [0.15, 0.2) is 0 Å². The molecule has 1 aliphatic heterocycles. The summed E-state index contributed by atoms with van der Waals surface area (Å²) in [6.07, 6.45) is 4.74. The molecular weight excluding hydrogens is 342 g/mol. The molecule has 0 unspecified atom stereocenters. The van der Waals surface area contributed by atoms with Crippen molar-refractivity contribution < 1.29 is 4.79 Å². The molecule has 0 radical (unpaired) electrons. The standard InChI is InChI=1S/C21H31N3OS/c1-16-13-17(2)15-24(14-16)12-6-11-22-20(25)9-5-10-21-23-18-7-3-4-8-19(18)26-21/h3-4,7-8,16-17H,5-6,9-15H2,1-2H3,(H,22,25)/t16-,17-/m0/s1. The average molecular weight is 374 g/mol. The molecular formula is C21H31N3OS. The Balaban J connectivity index is 1.28. The van der Waals surface area contributed by atoms with Gasteiger partial charge in [0.2, 0.25) is 5.91 Å². The van der Waals surface area contributed by atoms with Crippen molar-refractivity contribution in [3.63, 3.8) is 0 Å². The minimum Gasteiger partial charge on any atom is -0.356 e. The lowest BCUT2D eigenvalue weighted by atomic mass is 9.92. The van der Waals surface area contributed by atoms with E-state index in [9.17, 15) is 4.79 Å². The molecule has 3 rings (SSSR count). The highest BCUT2D eigenvalue weighted by atomic mass is 32.1. The van der Waals surface area contributed by atoms with Crippen molar-refractivity contribution in [1.82, 2.24) is 15.2 Å². The quantitative estimate of drug-likeness (QED) is 0.709. The van der Waals surface area contributed by atoms with E-state index < -0.39 is 0 Å². The van der Waals surface area contributed by atoms with Crippen molar-refractivity contribution in [1.29, 1.82) is 0 Å². The Morgan fingerprint density at radius 1 is 1.23 bits per heavy atom. The Kier molecular flexibility index (Phi) is 7.03. The molecule has 1 aromatic heterocycles. The number of carbonyl (C=O) groups is 1. The van der Waals surface area contributed by atoms with Crippen LogP contribution >= 0.6 is 11.3 Å². The van der Waals surface area contributed by atoms with E-state index in [0.29, 0.717) is 6.42 Å². The van der Waals surface area contributed by atoms with E-state index in [1.807, 2.05) is 18.2 Å². The molecule has 0 aliphatic carbocycles. The van der Waals surface area contributed by atoms with Crippen molar-refractivity contribution in [2.24, 2.45) is 11.8 Å². The summed E-state index contributed by atoms with van der Waals surface area (Å²) in [5.41, 5.74) is 1.07. The number of nitrogens with zero attached hydrogens (tertiary/aromatic N) is 2. The Hall–Kier alpha value is -1.46. The van der Waals surface area contributed by atoms with Crippen LogP contribution in [0.1, 0.15) is 44.5 Å². The first-order valence-electron chi connectivity index (χ1n) is 9.93. The van der Waals surface area contributed by atoms with E-state index in [2.05, 4.69) is 35.1 Å². The number of amides is 1. The van der Waals surface area contributed by atoms with Crippen LogP contribution in [-0.2, 0) is 11.2 Å². The van der Waals surface area contributed by atoms with Crippen molar-refractivity contribution in [3.8, 4) is 0 Å². The number of fused-ring (bicyclic) bond motifs is 1. The molecule has 1 saturated heterocycles. The second kappa shape index (κ2) is 9.47. The molecule has 0 saturated carbocycles. The number of para-hydroxylation sites is 1. The fourth-order valence-corrected chi connectivity index (χ4v) is 5.03. The number of benzene rings is 1. The fraction of sp³-hybridized carbons (Fsp3) is 0.619. The number of aryl methyl sites for hydroxylation is 1. The third-order valence-corrected chi connectivity index (χ3v) is 6.15. The summed E-state index contributed by atoms with van der Waals surface area (Å²) in [5.74, 6) is 1.78. The number of piperidine rings is 1. The third kappa shape index (κ3) is 5.78. The first-order chi connectivity index (χ1) is 12.6. The molecule has 1 N–H and O–H groups in total. The molecule has 0 spiro atoms. The molecule has 1 aliphatic rings. The first kappa shape index (κ1) is 19.3. The zero-order chi connectivity index (χ0) is 18.4. The lowest BCUT2D eigenvalue weighted by molar-refractivity contribution is -0.121. The van der Waals surface area contributed by atoms with Crippen molar-refractivity contribution >= 4 is 27.5 Å². The fourth-order valence-electron chi connectivity index (χ4n) is 4.02. The van der Waals surface area contributed by atoms with E-state index in [1.54, 1.807) is 11.3 Å². The number of hydrogen-bond donors (Lipinski definition) is 1. The van der Waals surface area contributed by atoms with Crippen LogP contribution in [-0.4, -0.2) is 42.0 Å². The molecule has 2 atom stereocenters. The normalized spacial score (nSPS) is 21.2. The zero-order valence-corrected chi connectivity index (χ0v) is 16.9. The van der Waals surface area contributed by atoms with Gasteiger partial charge < -0.3 is 10.2 Å². The van der Waals surface area contributed by atoms with Gasteiger partial charge >= 0.3 is 0 Å². The maximum Gasteiger partial charge on any atom is 0.220 e. The van der Waals surface area contributed by atoms with Gasteiger partial charge in [-0.15, -0.1) is 11.3 Å². The summed E-state index contributed by atoms with van der Waals surface area (Å²) in [6.45, 7) is 8.99. The van der Waals surface area contributed by atoms with Crippen LogP contribution < -0.4 is 5.32 Å². The second-order valence-corrected chi connectivity index (χ2v) is 8.95. The van der Waals surface area contributed by atoms with Gasteiger partial charge in [0.1, 0.15) is 0 Å². The van der Waals surface area contributed by atoms with E-state index in [0.717, 1.165) is 54.7 Å². The van der Waals surface area contributed by atoms with Gasteiger partial charge in [-0.1, -0.05) is 26.0 Å². The molecule has 1 fully saturated rings. The Morgan fingerprint density at radius 2 is 2.00 bits per heavy atom. The molecule has 2 heterocycles. The molecule has 0 bridgehead atoms. The summed E-state index contributed by atoms with van der Waals surface area (Å²) >= 11 is 1.74. The van der Waals surface area contributed by atoms with E-state index in [4.69, 9.17) is 0 Å². The summed E-state index contributed by atoms with van der Waals surface area (Å²) in [7, 11) is 0. The second-order valence-electron chi connectivity index (χ2n) is 7.84. The number of thiazole rings is 1. The molecule has 5 heteroatoms. The maximum absolute atomic E-state index is 12.0. The molecule has 26 heavy (non-hydrogen) atoms. The van der Waals surface area contributed by atoms with Gasteiger partial charge in [0.25, 0.3) is 0 Å². The van der Waals surface area contributed by atoms with Crippen molar-refractivity contribution in [2.45, 2.75) is 46.0 Å². The maximum atomic E-state index is 12.0. The summed E-state index contributed by atoms with van der Waals surface area (Å²) < 4.78 is 1.23. The largest absolute Gasteiger partial charge is 0.356 e. The van der Waals surface area contributed by atoms with Gasteiger partial charge in [0, 0.05) is 26.1 Å². The highest BCUT2D eigenvalue weighted by Gasteiger charge is 2.21.